The molecule has 0 saturated carbocycles. The third-order valence-corrected chi connectivity index (χ3v) is 9.89. The van der Waals surface area contributed by atoms with Gasteiger partial charge in [-0.2, -0.15) is 9.97 Å². The number of hydrogen-bond donors (Lipinski definition) is 2. The predicted octanol–water partition coefficient (Wildman–Crippen LogP) is 6.59. The number of piperazine rings is 1. The third-order valence-electron chi connectivity index (χ3n) is 9.89. The maximum atomic E-state index is 16.9. The first-order chi connectivity index (χ1) is 23.0. The molecule has 8 rings (SSSR count). The van der Waals surface area contributed by atoms with Crippen LogP contribution in [0.4, 0.5) is 14.6 Å². The highest BCUT2D eigenvalue weighted by molar-refractivity contribution is 6.03. The SMILES string of the molecule is C#Cc1c(F)ccc2cc(O)cc(-c3nc4c5c(nc(OCC67CCCN6CCC7)nc5c3F)N3CCNCC3CC4)c12.CC.CC. The molecular formula is C37H44F2N6O2. The zero-order valence-corrected chi connectivity index (χ0v) is 27.8. The van der Waals surface area contributed by atoms with E-state index in [1.54, 1.807) is 0 Å². The zero-order chi connectivity index (χ0) is 33.3. The molecule has 0 amide bonds. The van der Waals surface area contributed by atoms with Crippen LogP contribution in [-0.2, 0) is 6.42 Å². The number of aromatic nitrogens is 3. The van der Waals surface area contributed by atoms with Crippen molar-refractivity contribution in [3.63, 3.8) is 0 Å². The minimum absolute atomic E-state index is 0.00722. The van der Waals surface area contributed by atoms with Crippen molar-refractivity contribution >= 4 is 27.5 Å². The van der Waals surface area contributed by atoms with Crippen molar-refractivity contribution in [2.45, 2.75) is 77.8 Å². The second-order valence-corrected chi connectivity index (χ2v) is 12.2. The van der Waals surface area contributed by atoms with Gasteiger partial charge in [0.2, 0.25) is 0 Å². The summed E-state index contributed by atoms with van der Waals surface area (Å²) >= 11 is 0. The number of pyridine rings is 1. The predicted molar refractivity (Wildman–Crippen MR) is 183 cm³/mol. The molecule has 6 heterocycles. The fourth-order valence-corrected chi connectivity index (χ4v) is 7.85. The van der Waals surface area contributed by atoms with E-state index in [-0.39, 0.29) is 45.7 Å². The van der Waals surface area contributed by atoms with Gasteiger partial charge in [-0.05, 0) is 75.2 Å². The molecule has 3 fully saturated rings. The molecule has 2 N–H and O–H groups in total. The van der Waals surface area contributed by atoms with Gasteiger partial charge in [0.05, 0.1) is 22.2 Å². The number of anilines is 1. The molecule has 2 aromatic carbocycles. The molecule has 4 aliphatic heterocycles. The number of phenols is 1. The van der Waals surface area contributed by atoms with Crippen molar-refractivity contribution in [3.05, 3.63) is 47.2 Å². The molecule has 0 spiro atoms. The summed E-state index contributed by atoms with van der Waals surface area (Å²) in [6, 6.07) is 5.95. The van der Waals surface area contributed by atoms with Gasteiger partial charge in [0.25, 0.3) is 0 Å². The number of nitrogens with zero attached hydrogens (tertiary/aromatic N) is 5. The minimum atomic E-state index is -0.679. The Hall–Kier alpha value is -4.07. The van der Waals surface area contributed by atoms with Gasteiger partial charge in [0.15, 0.2) is 5.82 Å². The fourth-order valence-electron chi connectivity index (χ4n) is 7.85. The number of benzene rings is 2. The number of rotatable bonds is 4. The number of fused-ring (bicyclic) bond motifs is 4. The Balaban J connectivity index is 0.000000932. The zero-order valence-electron chi connectivity index (χ0n) is 27.8. The van der Waals surface area contributed by atoms with E-state index in [2.05, 4.69) is 21.0 Å². The van der Waals surface area contributed by atoms with Crippen LogP contribution in [0.2, 0.25) is 0 Å². The molecule has 1 atom stereocenters. The van der Waals surface area contributed by atoms with E-state index in [0.29, 0.717) is 40.7 Å². The van der Waals surface area contributed by atoms with E-state index in [9.17, 15) is 9.50 Å². The number of ether oxygens (including phenoxy) is 1. The van der Waals surface area contributed by atoms with Crippen molar-refractivity contribution < 1.29 is 18.6 Å². The summed E-state index contributed by atoms with van der Waals surface area (Å²) in [4.78, 5) is 19.2. The van der Waals surface area contributed by atoms with Crippen LogP contribution in [0.3, 0.4) is 0 Å². The van der Waals surface area contributed by atoms with Crippen LogP contribution in [0.5, 0.6) is 11.8 Å². The average molecular weight is 643 g/mol. The van der Waals surface area contributed by atoms with Gasteiger partial charge >= 0.3 is 6.01 Å². The smallest absolute Gasteiger partial charge is 0.319 e. The largest absolute Gasteiger partial charge is 0.508 e. The maximum Gasteiger partial charge on any atom is 0.319 e. The molecule has 248 valence electrons. The number of halogens is 2. The number of aryl methyl sites for hydroxylation is 1. The van der Waals surface area contributed by atoms with E-state index >= 15 is 4.39 Å². The maximum absolute atomic E-state index is 16.9. The molecule has 2 aromatic heterocycles. The lowest BCUT2D eigenvalue weighted by Gasteiger charge is -2.36. The van der Waals surface area contributed by atoms with Gasteiger partial charge in [-0.15, -0.1) is 6.42 Å². The summed E-state index contributed by atoms with van der Waals surface area (Å²) in [7, 11) is 0. The molecule has 10 heteroatoms. The van der Waals surface area contributed by atoms with Gasteiger partial charge in [-0.25, -0.2) is 13.8 Å². The van der Waals surface area contributed by atoms with E-state index in [1.165, 1.54) is 24.3 Å². The van der Waals surface area contributed by atoms with Crippen LogP contribution in [0.15, 0.2) is 24.3 Å². The standard InChI is InChI=1S/C33H32F2N6O2.2C2H6/c1-2-22-24(34)7-5-19-15-21(42)16-23(26(19)22)29-28(35)30-27-25(37-29)8-6-20-17-36-11-14-41(20)31(27)39-32(38-30)43-18-33-9-3-12-40(33)13-4-10-33;2*1-2/h1,5,7,15-16,20,36,42H,3-4,6,8-14,17-18H2;2*1-2H3. The summed E-state index contributed by atoms with van der Waals surface area (Å²) in [5, 5.41) is 15.5. The molecule has 1 unspecified atom stereocenters. The van der Waals surface area contributed by atoms with E-state index in [1.807, 2.05) is 27.7 Å². The summed E-state index contributed by atoms with van der Waals surface area (Å²) < 4.78 is 38.1. The highest BCUT2D eigenvalue weighted by atomic mass is 19.1. The number of aromatic hydroxyl groups is 1. The van der Waals surface area contributed by atoms with Gasteiger partial charge in [-0.3, -0.25) is 4.90 Å². The van der Waals surface area contributed by atoms with Crippen LogP contribution in [0, 0.1) is 24.0 Å². The van der Waals surface area contributed by atoms with Gasteiger partial charge in [0, 0.05) is 36.6 Å². The van der Waals surface area contributed by atoms with Gasteiger partial charge in [0.1, 0.15) is 35.2 Å². The Kier molecular flexibility index (Phi) is 9.49. The Morgan fingerprint density at radius 3 is 2.55 bits per heavy atom. The number of terminal acetylenes is 1. The molecule has 0 bridgehead atoms. The molecule has 4 aliphatic rings. The summed E-state index contributed by atoms with van der Waals surface area (Å²) in [5.41, 5.74) is 0.932. The normalized spacial score (nSPS) is 19.5. The summed E-state index contributed by atoms with van der Waals surface area (Å²) in [6.45, 7) is 12.9. The second kappa shape index (κ2) is 13.6. The Morgan fingerprint density at radius 1 is 1.04 bits per heavy atom. The first-order valence-corrected chi connectivity index (χ1v) is 17.1. The molecule has 0 aliphatic carbocycles. The van der Waals surface area contributed by atoms with Crippen molar-refractivity contribution in [1.82, 2.24) is 25.2 Å². The first kappa shape index (κ1) is 32.9. The van der Waals surface area contributed by atoms with Crippen molar-refractivity contribution in [1.29, 1.82) is 0 Å². The third kappa shape index (κ3) is 5.63. The molecule has 0 radical (unpaired) electrons. The molecule has 47 heavy (non-hydrogen) atoms. The fraction of sp³-hybridized carbons (Fsp3) is 0.486. The Morgan fingerprint density at radius 2 is 1.81 bits per heavy atom. The summed E-state index contributed by atoms with van der Waals surface area (Å²) in [5.74, 6) is 1.68. The molecular weight excluding hydrogens is 598 g/mol. The van der Waals surface area contributed by atoms with Crippen LogP contribution in [0.25, 0.3) is 32.9 Å². The van der Waals surface area contributed by atoms with E-state index in [4.69, 9.17) is 26.1 Å². The topological polar surface area (TPSA) is 86.6 Å². The quantitative estimate of drug-likeness (QED) is 0.241. The first-order valence-electron chi connectivity index (χ1n) is 17.1. The highest BCUT2D eigenvalue weighted by Crippen LogP contribution is 2.43. The summed E-state index contributed by atoms with van der Waals surface area (Å²) in [6.07, 6.45) is 11.5. The van der Waals surface area contributed by atoms with Crippen LogP contribution in [0.1, 0.15) is 71.1 Å². The monoisotopic (exact) mass is 642 g/mol. The Labute approximate surface area is 275 Å². The average Bonchev–Trinajstić information content (AvgIpc) is 3.65. The number of phenolic OH excluding ortho intramolecular Hbond substituents is 1. The number of hydrogen-bond acceptors (Lipinski definition) is 8. The van der Waals surface area contributed by atoms with E-state index in [0.717, 1.165) is 64.8 Å². The highest BCUT2D eigenvalue weighted by Gasteiger charge is 2.45. The lowest BCUT2D eigenvalue weighted by molar-refractivity contribution is 0.108. The second-order valence-electron chi connectivity index (χ2n) is 12.2. The van der Waals surface area contributed by atoms with Crippen LogP contribution < -0.4 is 15.0 Å². The van der Waals surface area contributed by atoms with Gasteiger partial charge < -0.3 is 20.1 Å². The molecule has 8 nitrogen and oxygen atoms in total. The Bertz CT molecular complexity index is 1830. The van der Waals surface area contributed by atoms with Gasteiger partial charge in [-0.1, -0.05) is 39.7 Å². The minimum Gasteiger partial charge on any atom is -0.508 e. The number of nitrogens with one attached hydrogen (secondary N) is 1. The van der Waals surface area contributed by atoms with Crippen LogP contribution in [-0.4, -0.2) is 75.9 Å². The lowest BCUT2D eigenvalue weighted by Crippen LogP contribution is -2.51. The molecule has 3 saturated heterocycles. The molecule has 4 aromatic rings. The van der Waals surface area contributed by atoms with E-state index < -0.39 is 11.6 Å². The lowest BCUT2D eigenvalue weighted by atomic mass is 9.95. The van der Waals surface area contributed by atoms with Crippen molar-refractivity contribution in [2.24, 2.45) is 0 Å². The van der Waals surface area contributed by atoms with Crippen LogP contribution >= 0.6 is 0 Å². The van der Waals surface area contributed by atoms with Crippen molar-refractivity contribution in [3.8, 4) is 35.4 Å². The van der Waals surface area contributed by atoms with Crippen molar-refractivity contribution in [2.75, 3.05) is 44.2 Å².